The maximum Gasteiger partial charge on any atom is 0.303 e. The lowest BCUT2D eigenvalue weighted by Gasteiger charge is -2.38. The van der Waals surface area contributed by atoms with Crippen molar-refractivity contribution in [1.82, 2.24) is 47.9 Å². The third kappa shape index (κ3) is 27.7. The molecule has 2 rings (SSSR count). The predicted octanol–water partition coefficient (Wildman–Crippen LogP) is -4.14. The third-order valence-corrected chi connectivity index (χ3v) is 11.3. The van der Waals surface area contributed by atoms with Crippen molar-refractivity contribution in [2.75, 3.05) is 118 Å². The van der Waals surface area contributed by atoms with Crippen molar-refractivity contribution in [3.63, 3.8) is 0 Å². The van der Waals surface area contributed by atoms with Crippen molar-refractivity contribution < 1.29 is 64.3 Å². The summed E-state index contributed by atoms with van der Waals surface area (Å²) in [5.41, 5.74) is 0. The van der Waals surface area contributed by atoms with Gasteiger partial charge in [-0.1, -0.05) is 19.3 Å². The van der Waals surface area contributed by atoms with E-state index in [4.69, 9.17) is 24.1 Å². The predicted molar refractivity (Wildman–Crippen MR) is 245 cm³/mol. The van der Waals surface area contributed by atoms with Gasteiger partial charge >= 0.3 is 5.97 Å². The van der Waals surface area contributed by atoms with Crippen molar-refractivity contribution in [3.8, 4) is 0 Å². The lowest BCUT2D eigenvalue weighted by Crippen LogP contribution is -2.57. The maximum atomic E-state index is 13.2. The second kappa shape index (κ2) is 38.1. The number of carboxylic acid groups (broad SMARTS) is 1. The highest BCUT2D eigenvalue weighted by molar-refractivity contribution is 5.81. The molecule has 2 fully saturated rings. The minimum absolute atomic E-state index is 0.0279. The molecular weight excluding hydrogens is 851 g/mol. The number of amides is 1. The molecule has 0 aromatic heterocycles. The van der Waals surface area contributed by atoms with E-state index in [9.17, 15) is 40.2 Å². The first-order valence-electron chi connectivity index (χ1n) is 24.2. The van der Waals surface area contributed by atoms with Crippen LogP contribution in [0.5, 0.6) is 0 Å². The molecule has 2 aliphatic rings. The van der Waals surface area contributed by atoms with E-state index in [0.29, 0.717) is 26.1 Å². The van der Waals surface area contributed by atoms with Gasteiger partial charge in [-0.3, -0.25) is 9.59 Å². The van der Waals surface area contributed by atoms with Crippen molar-refractivity contribution >= 4 is 11.9 Å². The zero-order chi connectivity index (χ0) is 47.5. The molecule has 11 atom stereocenters. The number of carbonyl (C=O) groups is 2. The number of aliphatic carboxylic acids is 1. The molecule has 0 saturated carbocycles. The zero-order valence-electron chi connectivity index (χ0n) is 39.2. The molecule has 0 aliphatic carbocycles. The van der Waals surface area contributed by atoms with Gasteiger partial charge in [-0.15, -0.1) is 0 Å². The van der Waals surface area contributed by atoms with Crippen LogP contribution in [0.1, 0.15) is 78.1 Å². The molecule has 2 saturated heterocycles. The highest BCUT2D eigenvalue weighted by Gasteiger charge is 2.43. The number of carbonyl (C=O) groups excluding carboxylic acids is 1. The second-order valence-corrected chi connectivity index (χ2v) is 16.9. The van der Waals surface area contributed by atoms with E-state index in [-0.39, 0.29) is 32.1 Å². The minimum Gasteiger partial charge on any atom is -0.481 e. The molecule has 0 aromatic rings. The molecule has 384 valence electrons. The first-order chi connectivity index (χ1) is 31.4. The fraction of sp³-hybridized carbons (Fsp3) is 0.953. The van der Waals surface area contributed by atoms with Crippen LogP contribution < -0.4 is 47.9 Å². The van der Waals surface area contributed by atoms with Crippen LogP contribution in [-0.2, 0) is 28.5 Å². The van der Waals surface area contributed by atoms with Crippen molar-refractivity contribution in [1.29, 1.82) is 0 Å². The average molecular weight is 940 g/mol. The number of aliphatic hydroxyl groups excluding tert-OH is 6. The second-order valence-electron chi connectivity index (χ2n) is 16.9. The molecule has 65 heavy (non-hydrogen) atoms. The van der Waals surface area contributed by atoms with Crippen LogP contribution in [0.15, 0.2) is 0 Å². The Balaban J connectivity index is 1.48. The van der Waals surface area contributed by atoms with Gasteiger partial charge in [-0.25, -0.2) is 0 Å². The van der Waals surface area contributed by atoms with Gasteiger partial charge in [0.1, 0.15) is 36.6 Å². The van der Waals surface area contributed by atoms with E-state index in [0.717, 1.165) is 123 Å². The minimum atomic E-state index is -1.42. The molecular formula is C43H89N9O13. The summed E-state index contributed by atoms with van der Waals surface area (Å²) in [4.78, 5) is 23.7. The molecule has 16 N–H and O–H groups in total. The van der Waals surface area contributed by atoms with E-state index in [1.165, 1.54) is 6.42 Å². The molecule has 1 unspecified atom stereocenters. The summed E-state index contributed by atoms with van der Waals surface area (Å²) in [6.45, 7) is 16.1. The maximum absolute atomic E-state index is 13.2. The lowest BCUT2D eigenvalue weighted by molar-refractivity contribution is -0.292. The number of hydrogen-bond acceptors (Lipinski definition) is 20. The lowest BCUT2D eigenvalue weighted by atomic mass is 10.0. The van der Waals surface area contributed by atoms with Crippen LogP contribution in [0, 0.1) is 0 Å². The van der Waals surface area contributed by atoms with Crippen LogP contribution in [0.2, 0.25) is 0 Å². The number of hydrogen-bond donors (Lipinski definition) is 16. The first-order valence-corrected chi connectivity index (χ1v) is 24.2. The molecule has 0 bridgehead atoms. The highest BCUT2D eigenvalue weighted by Crippen LogP contribution is 2.22. The van der Waals surface area contributed by atoms with Gasteiger partial charge in [0.2, 0.25) is 5.91 Å². The van der Waals surface area contributed by atoms with Gasteiger partial charge < -0.3 is 103 Å². The Hall–Kier alpha value is -1.78. The van der Waals surface area contributed by atoms with Crippen molar-refractivity contribution in [2.45, 2.75) is 146 Å². The van der Waals surface area contributed by atoms with E-state index >= 15 is 0 Å². The summed E-state index contributed by atoms with van der Waals surface area (Å²) < 4.78 is 22.0. The molecule has 2 heterocycles. The van der Waals surface area contributed by atoms with Crippen molar-refractivity contribution in [3.05, 3.63) is 0 Å². The molecule has 2 aliphatic heterocycles. The normalized spacial score (nSPS) is 26.3. The van der Waals surface area contributed by atoms with Crippen LogP contribution >= 0.6 is 0 Å². The summed E-state index contributed by atoms with van der Waals surface area (Å²) in [5.74, 6) is -0.918. The zero-order valence-corrected chi connectivity index (χ0v) is 39.2. The van der Waals surface area contributed by atoms with Gasteiger partial charge in [0.25, 0.3) is 0 Å². The van der Waals surface area contributed by atoms with Crippen LogP contribution in [0.25, 0.3) is 0 Å². The molecule has 22 nitrogen and oxygen atoms in total. The number of rotatable bonds is 42. The summed E-state index contributed by atoms with van der Waals surface area (Å²) in [6.07, 6.45) is -2.77. The van der Waals surface area contributed by atoms with Gasteiger partial charge in [-0.2, -0.15) is 0 Å². The smallest absolute Gasteiger partial charge is 0.303 e. The van der Waals surface area contributed by atoms with E-state index in [1.54, 1.807) is 13.8 Å². The molecule has 0 aromatic carbocycles. The van der Waals surface area contributed by atoms with Gasteiger partial charge in [0.05, 0.1) is 31.5 Å². The third-order valence-electron chi connectivity index (χ3n) is 11.3. The topological polar surface area (TPSA) is 321 Å². The van der Waals surface area contributed by atoms with E-state index in [2.05, 4.69) is 47.9 Å². The SMILES string of the molecule is C[C@@H]1O[C@@H](OCCNCCNC(CCCCNCCNCCNCCCCCNCCNCCNCCCCCC(=O)O)C(=O)NCCO[C@@H]2O[C@@H](C)[C@@H](O)[C@@H](O)[C@@H]2O)[C@@H](O)[C@H](O)[C@@H]1O. The summed E-state index contributed by atoms with van der Waals surface area (Å²) >= 11 is 0. The molecule has 0 radical (unpaired) electrons. The Bertz CT molecular complexity index is 1180. The summed E-state index contributed by atoms with van der Waals surface area (Å²) in [5, 5.41) is 98.9. The number of nitrogens with one attached hydrogen (secondary N) is 9. The Kier molecular flexibility index (Phi) is 34.8. The summed E-state index contributed by atoms with van der Waals surface area (Å²) in [6, 6.07) is -0.471. The Morgan fingerprint density at radius 2 is 0.846 bits per heavy atom. The monoisotopic (exact) mass is 940 g/mol. The molecule has 1 amide bonds. The number of aliphatic hydroxyl groups is 6. The molecule has 0 spiro atoms. The standard InChI is InChI=1S/C43H89N9O13/c1-31-35(55)37(57)39(59)42(64-31)62-29-27-50-25-26-51-33(41(61)52-28-30-63-43-40(60)38(58)36(56)32(2)65-43)11-6-10-16-47-20-24-49-23-19-46-15-9-4-8-14-45-18-22-48-21-17-44-13-7-3-5-12-34(53)54/h31-33,35-40,42-51,55-60H,3-30H2,1-2H3,(H,52,61)(H,53,54)/t31-,32-,33?,35+,36+,37+,38+,39-,40-,42+,43+/m0/s1. The van der Waals surface area contributed by atoms with Gasteiger partial charge in [-0.05, 0) is 78.6 Å². The fourth-order valence-corrected chi connectivity index (χ4v) is 7.24. The average Bonchev–Trinajstić information content (AvgIpc) is 3.29. The van der Waals surface area contributed by atoms with Gasteiger partial charge in [0, 0.05) is 85.0 Å². The van der Waals surface area contributed by atoms with E-state index in [1.807, 2.05) is 0 Å². The van der Waals surface area contributed by atoms with Crippen LogP contribution in [0.4, 0.5) is 0 Å². The quantitative estimate of drug-likeness (QED) is 0.0259. The fourth-order valence-electron chi connectivity index (χ4n) is 7.24. The number of carboxylic acids is 1. The number of unbranched alkanes of at least 4 members (excludes halogenated alkanes) is 5. The Morgan fingerprint density at radius 3 is 1.31 bits per heavy atom. The van der Waals surface area contributed by atoms with Crippen LogP contribution in [0.3, 0.4) is 0 Å². The largest absolute Gasteiger partial charge is 0.481 e. The van der Waals surface area contributed by atoms with Crippen molar-refractivity contribution in [2.24, 2.45) is 0 Å². The van der Waals surface area contributed by atoms with Gasteiger partial charge in [0.15, 0.2) is 12.6 Å². The highest BCUT2D eigenvalue weighted by atomic mass is 16.7. The first kappa shape index (κ1) is 59.3. The molecule has 22 heteroatoms. The summed E-state index contributed by atoms with van der Waals surface area (Å²) in [7, 11) is 0. The Morgan fingerprint density at radius 1 is 0.462 bits per heavy atom. The van der Waals surface area contributed by atoms with Crippen LogP contribution in [-0.4, -0.2) is 233 Å². The number of ether oxygens (including phenoxy) is 4. The Labute approximate surface area is 386 Å². The van der Waals surface area contributed by atoms with E-state index < -0.39 is 73.4 Å².